The maximum atomic E-state index is 13.0. The number of nitrogens with zero attached hydrogens (tertiary/aromatic N) is 5. The lowest BCUT2D eigenvalue weighted by atomic mass is 9.74. The third-order valence-electron chi connectivity index (χ3n) is 7.73. The van der Waals surface area contributed by atoms with Crippen LogP contribution in [0.15, 0.2) is 59.7 Å². The van der Waals surface area contributed by atoms with Crippen LogP contribution in [-0.4, -0.2) is 60.9 Å². The molecule has 2 aliphatic rings. The van der Waals surface area contributed by atoms with Gasteiger partial charge in [0.1, 0.15) is 6.61 Å². The summed E-state index contributed by atoms with van der Waals surface area (Å²) in [4.78, 5) is 19.7. The van der Waals surface area contributed by atoms with Crippen LogP contribution < -0.4 is 10.4 Å². The van der Waals surface area contributed by atoms with Crippen molar-refractivity contribution >= 4 is 24.4 Å². The number of benzene rings is 3. The van der Waals surface area contributed by atoms with E-state index in [0.29, 0.717) is 31.6 Å². The summed E-state index contributed by atoms with van der Waals surface area (Å²) in [5.41, 5.74) is 17.2. The lowest BCUT2D eigenvalue weighted by molar-refractivity contribution is 0.0976. The van der Waals surface area contributed by atoms with Gasteiger partial charge in [0.25, 0.3) is 0 Å². The molecule has 10 heteroatoms. The highest BCUT2D eigenvalue weighted by Gasteiger charge is 2.31. The molecule has 0 spiro atoms. The second-order valence-electron chi connectivity index (χ2n) is 9.76. The minimum absolute atomic E-state index is 0.0140. The Hall–Kier alpha value is -3.98. The average Bonchev–Trinajstić information content (AvgIpc) is 3.25. The fourth-order valence-electron chi connectivity index (χ4n) is 5.79. The number of rotatable bonds is 6. The number of azide groups is 1. The van der Waals surface area contributed by atoms with E-state index in [1.807, 2.05) is 38.1 Å². The van der Waals surface area contributed by atoms with Gasteiger partial charge in [-0.2, -0.15) is 0 Å². The van der Waals surface area contributed by atoms with Crippen LogP contribution in [0.25, 0.3) is 21.6 Å². The molecule has 1 aliphatic carbocycles. The number of piperazine rings is 1. The molecule has 5 rings (SSSR count). The molecule has 1 amide bonds. The summed E-state index contributed by atoms with van der Waals surface area (Å²) in [6.45, 7) is 6.29. The standard InChI is InChI=1S/C28H30BN5O4/c1-18-20(16-31-32-30)15-26(29(36)37)19(2)27(18)33-11-13-34(14-12-33)28(35)38-17-25-23-9-5-3-7-21(23)22-8-4-6-10-24(22)25/h3-10,15,25,36-37H,11-14,16-17H2,1-2H3. The molecule has 0 bridgehead atoms. The van der Waals surface area contributed by atoms with Crippen molar-refractivity contribution in [2.75, 3.05) is 37.7 Å². The Morgan fingerprint density at radius 1 is 1.03 bits per heavy atom. The molecule has 1 fully saturated rings. The smallest absolute Gasteiger partial charge is 0.448 e. The van der Waals surface area contributed by atoms with E-state index in [2.05, 4.69) is 39.2 Å². The Morgan fingerprint density at radius 3 is 2.21 bits per heavy atom. The summed E-state index contributed by atoms with van der Waals surface area (Å²) in [5.74, 6) is 0.0140. The molecule has 0 aromatic heterocycles. The maximum Gasteiger partial charge on any atom is 0.488 e. The molecule has 2 N–H and O–H groups in total. The Morgan fingerprint density at radius 2 is 1.63 bits per heavy atom. The van der Waals surface area contributed by atoms with Crippen LogP contribution >= 0.6 is 0 Å². The van der Waals surface area contributed by atoms with Crippen molar-refractivity contribution in [2.45, 2.75) is 26.3 Å². The van der Waals surface area contributed by atoms with E-state index >= 15 is 0 Å². The number of amides is 1. The number of anilines is 1. The zero-order chi connectivity index (χ0) is 26.8. The van der Waals surface area contributed by atoms with Crippen LogP contribution in [0.5, 0.6) is 0 Å². The maximum absolute atomic E-state index is 13.0. The number of hydrogen-bond acceptors (Lipinski definition) is 6. The predicted octanol–water partition coefficient (Wildman–Crippen LogP) is 3.86. The van der Waals surface area contributed by atoms with Crippen LogP contribution in [-0.2, 0) is 11.3 Å². The van der Waals surface area contributed by atoms with Crippen molar-refractivity contribution < 1.29 is 19.6 Å². The number of carbonyl (C=O) groups excluding carboxylic acids is 1. The molecule has 1 heterocycles. The first kappa shape index (κ1) is 25.7. The number of fused-ring (bicyclic) bond motifs is 3. The van der Waals surface area contributed by atoms with Crippen molar-refractivity contribution in [3.8, 4) is 11.1 Å². The van der Waals surface area contributed by atoms with Gasteiger partial charge in [-0.3, -0.25) is 0 Å². The third-order valence-corrected chi connectivity index (χ3v) is 7.73. The molecule has 1 aliphatic heterocycles. The summed E-state index contributed by atoms with van der Waals surface area (Å²) >= 11 is 0. The monoisotopic (exact) mass is 511 g/mol. The van der Waals surface area contributed by atoms with Gasteiger partial charge in [-0.05, 0) is 63.8 Å². The number of ether oxygens (including phenoxy) is 1. The van der Waals surface area contributed by atoms with Gasteiger partial charge < -0.3 is 24.6 Å². The molecular formula is C28H30BN5O4. The van der Waals surface area contributed by atoms with Crippen LogP contribution in [0.2, 0.25) is 0 Å². The third kappa shape index (κ3) is 4.70. The Balaban J connectivity index is 1.27. The van der Waals surface area contributed by atoms with E-state index in [1.165, 1.54) is 22.3 Å². The largest absolute Gasteiger partial charge is 0.488 e. The summed E-state index contributed by atoms with van der Waals surface area (Å²) in [6, 6.07) is 18.2. The van der Waals surface area contributed by atoms with E-state index in [0.717, 1.165) is 22.4 Å². The molecule has 194 valence electrons. The predicted molar refractivity (Wildman–Crippen MR) is 147 cm³/mol. The van der Waals surface area contributed by atoms with E-state index in [4.69, 9.17) is 10.3 Å². The normalized spacial score (nSPS) is 14.5. The molecule has 9 nitrogen and oxygen atoms in total. The zero-order valence-corrected chi connectivity index (χ0v) is 21.5. The number of carbonyl (C=O) groups is 1. The second kappa shape index (κ2) is 10.8. The van der Waals surface area contributed by atoms with E-state index in [-0.39, 0.29) is 25.2 Å². The first-order valence-electron chi connectivity index (χ1n) is 12.8. The summed E-state index contributed by atoms with van der Waals surface area (Å²) < 4.78 is 5.84. The fraction of sp³-hybridized carbons (Fsp3) is 0.321. The van der Waals surface area contributed by atoms with Gasteiger partial charge in [0.2, 0.25) is 0 Å². The van der Waals surface area contributed by atoms with Gasteiger partial charge >= 0.3 is 13.2 Å². The average molecular weight is 511 g/mol. The van der Waals surface area contributed by atoms with Gasteiger partial charge in [0.15, 0.2) is 0 Å². The number of hydrogen-bond donors (Lipinski definition) is 2. The minimum atomic E-state index is -1.64. The van der Waals surface area contributed by atoms with Gasteiger partial charge in [-0.1, -0.05) is 59.7 Å². The molecule has 3 aromatic carbocycles. The summed E-state index contributed by atoms with van der Waals surface area (Å²) in [7, 11) is -1.64. The van der Waals surface area contributed by atoms with E-state index in [1.54, 1.807) is 11.0 Å². The lowest BCUT2D eigenvalue weighted by Crippen LogP contribution is -2.50. The lowest BCUT2D eigenvalue weighted by Gasteiger charge is -2.38. The van der Waals surface area contributed by atoms with Gasteiger partial charge in [-0.15, -0.1) is 0 Å². The molecular weight excluding hydrogens is 481 g/mol. The molecule has 38 heavy (non-hydrogen) atoms. The zero-order valence-electron chi connectivity index (χ0n) is 21.5. The van der Waals surface area contributed by atoms with Crippen molar-refractivity contribution in [1.82, 2.24) is 4.90 Å². The van der Waals surface area contributed by atoms with Crippen LogP contribution in [0.1, 0.15) is 33.7 Å². The molecule has 1 saturated heterocycles. The second-order valence-corrected chi connectivity index (χ2v) is 9.76. The van der Waals surface area contributed by atoms with Crippen molar-refractivity contribution in [3.05, 3.63) is 92.9 Å². The van der Waals surface area contributed by atoms with Crippen LogP contribution in [0.4, 0.5) is 10.5 Å². The van der Waals surface area contributed by atoms with Gasteiger partial charge in [-0.25, -0.2) is 4.79 Å². The first-order valence-corrected chi connectivity index (χ1v) is 12.8. The van der Waals surface area contributed by atoms with Crippen LogP contribution in [0.3, 0.4) is 0 Å². The first-order chi connectivity index (χ1) is 18.4. The quantitative estimate of drug-likeness (QED) is 0.225. The topological polar surface area (TPSA) is 122 Å². The Labute approximate surface area is 222 Å². The van der Waals surface area contributed by atoms with Crippen molar-refractivity contribution in [2.24, 2.45) is 5.11 Å². The van der Waals surface area contributed by atoms with Gasteiger partial charge in [0, 0.05) is 42.7 Å². The highest BCUT2D eigenvalue weighted by molar-refractivity contribution is 6.59. The highest BCUT2D eigenvalue weighted by atomic mass is 16.6. The van der Waals surface area contributed by atoms with Crippen LogP contribution in [0, 0.1) is 13.8 Å². The van der Waals surface area contributed by atoms with Gasteiger partial charge in [0.05, 0.1) is 6.54 Å². The molecule has 0 saturated carbocycles. The Bertz CT molecular complexity index is 1370. The fourth-order valence-corrected chi connectivity index (χ4v) is 5.79. The van der Waals surface area contributed by atoms with E-state index in [9.17, 15) is 14.8 Å². The van der Waals surface area contributed by atoms with Crippen molar-refractivity contribution in [1.29, 1.82) is 0 Å². The Kier molecular flexibility index (Phi) is 7.29. The summed E-state index contributed by atoms with van der Waals surface area (Å²) in [6.07, 6.45) is -0.330. The van der Waals surface area contributed by atoms with Crippen molar-refractivity contribution in [3.63, 3.8) is 0 Å². The SMILES string of the molecule is Cc1c(CN=[N+]=[N-])cc(B(O)O)c(C)c1N1CCN(C(=O)OCC2c3ccccc3-c3ccccc32)CC1. The molecule has 0 radical (unpaired) electrons. The highest BCUT2D eigenvalue weighted by Crippen LogP contribution is 2.44. The molecule has 3 aromatic rings. The minimum Gasteiger partial charge on any atom is -0.448 e. The molecule has 0 unspecified atom stereocenters. The van der Waals surface area contributed by atoms with E-state index < -0.39 is 7.12 Å². The molecule has 0 atom stereocenters. The summed E-state index contributed by atoms with van der Waals surface area (Å²) in [5, 5.41) is 23.5.